The van der Waals surface area contributed by atoms with Crippen LogP contribution in [0, 0.1) is 24.5 Å². The Morgan fingerprint density at radius 2 is 1.50 bits per heavy atom. The lowest BCUT2D eigenvalue weighted by atomic mass is 9.91. The average molecular weight is 1210 g/mol. The summed E-state index contributed by atoms with van der Waals surface area (Å²) in [6, 6.07) is 13.5. The van der Waals surface area contributed by atoms with Crippen LogP contribution < -0.4 is 25.2 Å². The van der Waals surface area contributed by atoms with E-state index in [-0.39, 0.29) is 70.3 Å². The van der Waals surface area contributed by atoms with Crippen LogP contribution in [0.2, 0.25) is 0 Å². The maximum absolute atomic E-state index is 16.2. The van der Waals surface area contributed by atoms with E-state index in [0.29, 0.717) is 82.9 Å². The zero-order valence-corrected chi connectivity index (χ0v) is 50.6. The van der Waals surface area contributed by atoms with E-state index in [0.717, 1.165) is 78.8 Å². The topological polar surface area (TPSA) is 182 Å². The number of alkyl halides is 3. The number of amides is 4. The molecule has 6 heterocycles. The standard InChI is InChI=1S/C63H76F5N11O6S/c1-38(2)57(61(83)79-23-14-15-52(79)60(82)72-41(5)43-17-19-44(20-18-43)58-42(6)71-37-86-58)54-32-55(74-85-54)84-28-13-11-9-8-10-12-16-56(80)76-24-26-77(27-25-76)62-69-33-45(34-70-62)48-30-51(53(31-50(48)65)78-35-39(3)75(7)40(4)36-78)73-59(81)47-22-21-46(64)29-49(47)63(66,67)68/h17-22,29-34,37-41,52,57H,8-16,23-28,35-36H2,1-7H3,(H,72,82)(H,73,81). The smallest absolute Gasteiger partial charge is 0.417 e. The number of nitrogens with zero attached hydrogens (tertiary/aromatic N) is 9. The summed E-state index contributed by atoms with van der Waals surface area (Å²) >= 11 is 1.59. The summed E-state index contributed by atoms with van der Waals surface area (Å²) < 4.78 is 83.8. The van der Waals surface area contributed by atoms with Crippen molar-refractivity contribution in [1.29, 1.82) is 0 Å². The van der Waals surface area contributed by atoms with Gasteiger partial charge in [-0.1, -0.05) is 63.8 Å². The molecule has 3 aliphatic rings. The van der Waals surface area contributed by atoms with Gasteiger partial charge in [-0.2, -0.15) is 13.2 Å². The quantitative estimate of drug-likeness (QED) is 0.0484. The summed E-state index contributed by atoms with van der Waals surface area (Å²) in [4.78, 5) is 78.7. The minimum absolute atomic E-state index is 0.0130. The fourth-order valence-electron chi connectivity index (χ4n) is 11.7. The number of hydrogen-bond acceptors (Lipinski definition) is 14. The normalized spacial score (nSPS) is 18.4. The van der Waals surface area contributed by atoms with Gasteiger partial charge in [0.25, 0.3) is 11.8 Å². The number of hydrogen-bond donors (Lipinski definition) is 2. The van der Waals surface area contributed by atoms with Gasteiger partial charge in [0.05, 0.1) is 51.2 Å². The van der Waals surface area contributed by atoms with Crippen molar-refractivity contribution >= 4 is 52.3 Å². The van der Waals surface area contributed by atoms with Gasteiger partial charge in [0.15, 0.2) is 5.76 Å². The summed E-state index contributed by atoms with van der Waals surface area (Å²) in [5.41, 5.74) is 3.28. The van der Waals surface area contributed by atoms with Crippen LogP contribution in [0.4, 0.5) is 39.3 Å². The van der Waals surface area contributed by atoms with Crippen LogP contribution in [0.1, 0.15) is 137 Å². The maximum Gasteiger partial charge on any atom is 0.417 e. The molecule has 0 bridgehead atoms. The van der Waals surface area contributed by atoms with Gasteiger partial charge in [-0.05, 0) is 113 Å². The number of ether oxygens (including phenoxy) is 1. The number of unbranched alkanes of at least 4 members (excludes halogenated alkanes) is 5. The SMILES string of the molecule is Cc1ncsc1-c1ccc(C(C)NC(=O)C2CCCN2C(=O)C(c2cc(OCCCCCCCCC(=O)N3CCN(c4ncc(-c5cc(NC(=O)c6ccc(F)cc6C(F)(F)F)c(N6CC(C)N(C)C(C)C6)cc5F)cn4)CC3)no2)C(C)C)cc1. The first kappa shape index (κ1) is 63.0. The summed E-state index contributed by atoms with van der Waals surface area (Å²) in [5, 5.41) is 9.85. The molecule has 3 aromatic heterocycles. The molecular formula is C63H76F5N11O6S. The Hall–Kier alpha value is -7.53. The molecule has 86 heavy (non-hydrogen) atoms. The molecule has 0 saturated carbocycles. The summed E-state index contributed by atoms with van der Waals surface area (Å²) in [5.74, 6) is -2.86. The third-order valence-electron chi connectivity index (χ3n) is 16.8. The minimum atomic E-state index is -5.01. The molecule has 3 saturated heterocycles. The lowest BCUT2D eigenvalue weighted by Crippen LogP contribution is -2.55. The second-order valence-corrected chi connectivity index (χ2v) is 24.1. The van der Waals surface area contributed by atoms with E-state index in [9.17, 15) is 36.7 Å². The number of likely N-dealkylation sites (N-methyl/N-ethyl adjacent to an activating group) is 1. The highest BCUT2D eigenvalue weighted by Gasteiger charge is 2.41. The number of anilines is 3. The monoisotopic (exact) mass is 1210 g/mol. The van der Waals surface area contributed by atoms with E-state index in [1.54, 1.807) is 22.3 Å². The third-order valence-corrected chi connectivity index (χ3v) is 17.8. The molecule has 460 valence electrons. The van der Waals surface area contributed by atoms with Crippen LogP contribution in [0.25, 0.3) is 21.6 Å². The zero-order valence-electron chi connectivity index (χ0n) is 49.8. The number of likely N-dealkylation sites (tertiary alicyclic amines) is 1. The number of thiazole rings is 1. The van der Waals surface area contributed by atoms with Gasteiger partial charge >= 0.3 is 6.18 Å². The summed E-state index contributed by atoms with van der Waals surface area (Å²) in [6.07, 6.45) is 4.94. The van der Waals surface area contributed by atoms with Gasteiger partial charge < -0.3 is 39.5 Å². The number of nitrogens with one attached hydrogen (secondary N) is 2. The predicted octanol–water partition coefficient (Wildman–Crippen LogP) is 11.7. The van der Waals surface area contributed by atoms with E-state index >= 15 is 4.39 Å². The number of carbonyl (C=O) groups is 4. The number of benzene rings is 3. The molecule has 23 heteroatoms. The van der Waals surface area contributed by atoms with Crippen LogP contribution in [0.5, 0.6) is 5.88 Å². The molecule has 3 aliphatic heterocycles. The largest absolute Gasteiger partial charge is 0.476 e. The van der Waals surface area contributed by atoms with Gasteiger partial charge in [0.2, 0.25) is 23.7 Å². The lowest BCUT2D eigenvalue weighted by molar-refractivity contribution is -0.141. The summed E-state index contributed by atoms with van der Waals surface area (Å²) in [7, 11) is 1.97. The molecule has 2 N–H and O–H groups in total. The molecule has 0 radical (unpaired) electrons. The van der Waals surface area contributed by atoms with Crippen LogP contribution in [-0.4, -0.2) is 136 Å². The Balaban J connectivity index is 0.688. The molecule has 3 fully saturated rings. The highest BCUT2D eigenvalue weighted by molar-refractivity contribution is 7.13. The molecule has 17 nitrogen and oxygen atoms in total. The van der Waals surface area contributed by atoms with E-state index in [1.165, 1.54) is 24.5 Å². The average Bonchev–Trinajstić information content (AvgIpc) is 1.94. The first-order valence-electron chi connectivity index (χ1n) is 29.7. The number of piperazine rings is 2. The van der Waals surface area contributed by atoms with Gasteiger partial charge in [-0.25, -0.2) is 23.7 Å². The summed E-state index contributed by atoms with van der Waals surface area (Å²) in [6.45, 7) is 15.6. The van der Waals surface area contributed by atoms with Crippen molar-refractivity contribution in [2.24, 2.45) is 5.92 Å². The van der Waals surface area contributed by atoms with Crippen molar-refractivity contribution in [2.45, 2.75) is 136 Å². The number of halogens is 5. The Labute approximate surface area is 502 Å². The van der Waals surface area contributed by atoms with Gasteiger partial charge in [0, 0.05) is 93.9 Å². The number of rotatable bonds is 22. The van der Waals surface area contributed by atoms with Gasteiger partial charge in [-0.3, -0.25) is 24.1 Å². The Bertz CT molecular complexity index is 3300. The Kier molecular flexibility index (Phi) is 20.4. The van der Waals surface area contributed by atoms with Crippen molar-refractivity contribution in [1.82, 2.24) is 40.1 Å². The van der Waals surface area contributed by atoms with Crippen molar-refractivity contribution in [3.05, 3.63) is 118 Å². The third kappa shape index (κ3) is 15.0. The number of aromatic nitrogens is 4. The molecule has 4 amide bonds. The minimum Gasteiger partial charge on any atom is -0.476 e. The van der Waals surface area contributed by atoms with Crippen molar-refractivity contribution in [3.63, 3.8) is 0 Å². The number of carbonyl (C=O) groups excluding carboxylic acids is 4. The second-order valence-electron chi connectivity index (χ2n) is 23.2. The van der Waals surface area contributed by atoms with Gasteiger partial charge in [0.1, 0.15) is 23.6 Å². The molecule has 5 unspecified atom stereocenters. The van der Waals surface area contributed by atoms with Crippen molar-refractivity contribution in [2.75, 3.05) is 74.6 Å². The van der Waals surface area contributed by atoms with Crippen molar-refractivity contribution < 1.29 is 50.4 Å². The van der Waals surface area contributed by atoms with E-state index in [4.69, 9.17) is 9.26 Å². The van der Waals surface area contributed by atoms with E-state index in [1.807, 2.05) is 93.1 Å². The fraction of sp³-hybridized carbons (Fsp3) is 0.492. The maximum atomic E-state index is 16.2. The first-order valence-corrected chi connectivity index (χ1v) is 30.6. The van der Waals surface area contributed by atoms with Crippen LogP contribution in [0.15, 0.2) is 83.1 Å². The van der Waals surface area contributed by atoms with E-state index in [2.05, 4.69) is 35.6 Å². The molecule has 9 rings (SSSR count). The van der Waals surface area contributed by atoms with Crippen molar-refractivity contribution in [3.8, 4) is 27.4 Å². The Morgan fingerprint density at radius 3 is 2.16 bits per heavy atom. The van der Waals surface area contributed by atoms with Crippen LogP contribution in [0.3, 0.4) is 0 Å². The second kappa shape index (κ2) is 27.9. The fourth-order valence-corrected chi connectivity index (χ4v) is 12.5. The molecule has 3 aromatic carbocycles. The first-order chi connectivity index (χ1) is 41.1. The van der Waals surface area contributed by atoms with Crippen LogP contribution >= 0.6 is 11.3 Å². The zero-order chi connectivity index (χ0) is 61.4. The molecule has 5 atom stereocenters. The molecule has 0 spiro atoms. The van der Waals surface area contributed by atoms with Gasteiger partial charge in [-0.15, -0.1) is 11.3 Å². The highest BCUT2D eigenvalue weighted by atomic mass is 32.1. The van der Waals surface area contributed by atoms with Crippen LogP contribution in [-0.2, 0) is 20.6 Å². The Morgan fingerprint density at radius 1 is 0.814 bits per heavy atom. The number of aryl methyl sites for hydroxylation is 1. The molecule has 0 aliphatic carbocycles. The molecule has 6 aromatic rings. The molecular weight excluding hydrogens is 1130 g/mol. The lowest BCUT2D eigenvalue weighted by Gasteiger charge is -2.44. The predicted molar refractivity (Wildman–Crippen MR) is 320 cm³/mol. The van der Waals surface area contributed by atoms with E-state index < -0.39 is 46.8 Å². The highest BCUT2D eigenvalue weighted by Crippen LogP contribution is 2.39.